The summed E-state index contributed by atoms with van der Waals surface area (Å²) in [6.45, 7) is 5.21. The Labute approximate surface area is 195 Å². The Hall–Kier alpha value is -2.73. The lowest BCUT2D eigenvalue weighted by atomic mass is 9.94. The van der Waals surface area contributed by atoms with Crippen molar-refractivity contribution in [2.24, 2.45) is 0 Å². The Morgan fingerprint density at radius 2 is 1.75 bits per heavy atom. The Bertz CT molecular complexity index is 1070. The molecule has 2 aliphatic rings. The monoisotopic (exact) mass is 445 g/mol. The summed E-state index contributed by atoms with van der Waals surface area (Å²) in [5.41, 5.74) is 6.08. The largest absolute Gasteiger partial charge is 0.352 e. The molecule has 5 rings (SSSR count). The fourth-order valence-corrected chi connectivity index (χ4v) is 5.89. The van der Waals surface area contributed by atoms with Gasteiger partial charge in [-0.15, -0.1) is 0 Å². The van der Waals surface area contributed by atoms with Crippen molar-refractivity contribution in [1.29, 1.82) is 0 Å². The molecular formula is C26H31N5S. The number of thiocarbonyl (C=S) groups is 1. The molecule has 0 unspecified atom stereocenters. The smallest absolute Gasteiger partial charge is 0.170 e. The van der Waals surface area contributed by atoms with Crippen LogP contribution in [0.2, 0.25) is 0 Å². The second-order valence-electron chi connectivity index (χ2n) is 9.06. The molecule has 1 aliphatic carbocycles. The van der Waals surface area contributed by atoms with Gasteiger partial charge in [-0.3, -0.25) is 9.97 Å². The van der Waals surface area contributed by atoms with Crippen molar-refractivity contribution in [1.82, 2.24) is 24.8 Å². The number of nitrogens with zero attached hydrogens (tertiary/aromatic N) is 4. The molecule has 1 N–H and O–H groups in total. The van der Waals surface area contributed by atoms with Crippen molar-refractivity contribution in [2.75, 3.05) is 0 Å². The van der Waals surface area contributed by atoms with Crippen molar-refractivity contribution in [3.05, 3.63) is 83.2 Å². The van der Waals surface area contributed by atoms with Gasteiger partial charge in [-0.2, -0.15) is 0 Å². The van der Waals surface area contributed by atoms with Crippen molar-refractivity contribution in [2.45, 2.75) is 70.6 Å². The zero-order valence-corrected chi connectivity index (χ0v) is 19.7. The summed E-state index contributed by atoms with van der Waals surface area (Å²) in [5.74, 6) is 0. The van der Waals surface area contributed by atoms with Crippen molar-refractivity contribution in [3.8, 4) is 0 Å². The Kier molecular flexibility index (Phi) is 5.96. The van der Waals surface area contributed by atoms with Gasteiger partial charge in [-0.05, 0) is 74.8 Å². The number of rotatable bonds is 5. The summed E-state index contributed by atoms with van der Waals surface area (Å²) >= 11 is 5.85. The lowest BCUT2D eigenvalue weighted by molar-refractivity contribution is 0.304. The number of nitrogens with one attached hydrogen (secondary N) is 1. The minimum atomic E-state index is 0.00715. The van der Waals surface area contributed by atoms with E-state index in [-0.39, 0.29) is 12.1 Å². The molecule has 4 heterocycles. The van der Waals surface area contributed by atoms with Gasteiger partial charge in [0.2, 0.25) is 0 Å². The lowest BCUT2D eigenvalue weighted by Crippen LogP contribution is -2.29. The number of aromatic nitrogens is 3. The predicted octanol–water partition coefficient (Wildman–Crippen LogP) is 5.57. The highest BCUT2D eigenvalue weighted by atomic mass is 32.1. The normalized spacial score (nSPS) is 21.7. The van der Waals surface area contributed by atoms with E-state index in [1.807, 2.05) is 30.6 Å². The van der Waals surface area contributed by atoms with Crippen LogP contribution in [0.3, 0.4) is 0 Å². The molecule has 32 heavy (non-hydrogen) atoms. The highest BCUT2D eigenvalue weighted by molar-refractivity contribution is 7.80. The molecule has 1 saturated carbocycles. The molecule has 1 aliphatic heterocycles. The van der Waals surface area contributed by atoms with Gasteiger partial charge in [-0.25, -0.2) is 0 Å². The van der Waals surface area contributed by atoms with Crippen LogP contribution in [0.1, 0.15) is 78.6 Å². The van der Waals surface area contributed by atoms with E-state index in [0.717, 1.165) is 16.5 Å². The Morgan fingerprint density at radius 1 is 1.00 bits per heavy atom. The van der Waals surface area contributed by atoms with Gasteiger partial charge in [0.15, 0.2) is 5.11 Å². The zero-order valence-electron chi connectivity index (χ0n) is 18.9. The number of aryl methyl sites for hydroxylation is 1. The third-order valence-corrected chi connectivity index (χ3v) is 7.39. The summed E-state index contributed by atoms with van der Waals surface area (Å²) in [4.78, 5) is 11.6. The van der Waals surface area contributed by atoms with Crippen LogP contribution < -0.4 is 5.32 Å². The fourth-order valence-electron chi connectivity index (χ4n) is 5.58. The molecular weight excluding hydrogens is 414 g/mol. The maximum absolute atomic E-state index is 5.85. The van der Waals surface area contributed by atoms with Gasteiger partial charge in [0.25, 0.3) is 0 Å². The van der Waals surface area contributed by atoms with E-state index in [1.165, 1.54) is 49.1 Å². The van der Waals surface area contributed by atoms with Crippen LogP contribution in [-0.4, -0.2) is 24.5 Å². The summed E-state index contributed by atoms with van der Waals surface area (Å²) < 4.78 is 2.59. The average molecular weight is 446 g/mol. The maximum atomic E-state index is 5.85. The van der Waals surface area contributed by atoms with Crippen LogP contribution in [0, 0.1) is 13.8 Å². The van der Waals surface area contributed by atoms with E-state index < -0.39 is 0 Å². The third-order valence-electron chi connectivity index (χ3n) is 7.04. The minimum absolute atomic E-state index is 0.00715. The minimum Gasteiger partial charge on any atom is -0.352 e. The molecule has 3 aromatic rings. The van der Waals surface area contributed by atoms with Crippen LogP contribution in [0.5, 0.6) is 0 Å². The van der Waals surface area contributed by atoms with Gasteiger partial charge in [0.1, 0.15) is 0 Å². The van der Waals surface area contributed by atoms with E-state index in [4.69, 9.17) is 12.2 Å². The van der Waals surface area contributed by atoms with Gasteiger partial charge >= 0.3 is 0 Å². The quantitative estimate of drug-likeness (QED) is 0.520. The topological polar surface area (TPSA) is 46.0 Å². The second kappa shape index (κ2) is 9.02. The van der Waals surface area contributed by atoms with Gasteiger partial charge < -0.3 is 14.8 Å². The van der Waals surface area contributed by atoms with Gasteiger partial charge in [0.05, 0.1) is 30.0 Å². The van der Waals surface area contributed by atoms with E-state index in [1.54, 1.807) is 0 Å². The van der Waals surface area contributed by atoms with Crippen LogP contribution in [0.25, 0.3) is 0 Å². The number of hydrogen-bond donors (Lipinski definition) is 1. The number of hydrogen-bond acceptors (Lipinski definition) is 3. The molecule has 5 nitrogen and oxygen atoms in total. The molecule has 0 radical (unpaired) electrons. The molecule has 3 aromatic heterocycles. The molecule has 0 amide bonds. The Morgan fingerprint density at radius 3 is 2.44 bits per heavy atom. The van der Waals surface area contributed by atoms with Crippen molar-refractivity contribution >= 4 is 17.3 Å². The van der Waals surface area contributed by atoms with Crippen molar-refractivity contribution in [3.63, 3.8) is 0 Å². The van der Waals surface area contributed by atoms with E-state index in [0.29, 0.717) is 12.6 Å². The first-order valence-electron chi connectivity index (χ1n) is 11.7. The highest BCUT2D eigenvalue weighted by Gasteiger charge is 2.41. The van der Waals surface area contributed by atoms with E-state index >= 15 is 0 Å². The van der Waals surface area contributed by atoms with Crippen molar-refractivity contribution < 1.29 is 0 Å². The summed E-state index contributed by atoms with van der Waals surface area (Å²) in [5, 5.41) is 4.35. The molecule has 0 bridgehead atoms. The molecule has 1 saturated heterocycles. The first kappa shape index (κ1) is 21.1. The zero-order chi connectivity index (χ0) is 22.1. The van der Waals surface area contributed by atoms with E-state index in [2.05, 4.69) is 62.9 Å². The van der Waals surface area contributed by atoms with E-state index in [9.17, 15) is 0 Å². The van der Waals surface area contributed by atoms with Gasteiger partial charge in [0, 0.05) is 29.8 Å². The van der Waals surface area contributed by atoms with Crippen LogP contribution in [0.4, 0.5) is 0 Å². The SMILES string of the molecule is Cc1cc([C@H]2[C@H](c3ccccn3)NC(=S)N2Cc2ccccn2)c(C)n1C1CCCCC1. The summed E-state index contributed by atoms with van der Waals surface area (Å²) in [6, 6.07) is 15.2. The maximum Gasteiger partial charge on any atom is 0.170 e. The molecule has 2 atom stereocenters. The van der Waals surface area contributed by atoms with Crippen LogP contribution in [-0.2, 0) is 6.54 Å². The van der Waals surface area contributed by atoms with Crippen LogP contribution in [0.15, 0.2) is 54.9 Å². The second-order valence-corrected chi connectivity index (χ2v) is 9.45. The highest BCUT2D eigenvalue weighted by Crippen LogP contribution is 2.43. The molecule has 6 heteroatoms. The first-order valence-corrected chi connectivity index (χ1v) is 12.1. The fraction of sp³-hybridized carbons (Fsp3) is 0.423. The standard InChI is InChI=1S/C26H31N5S/c1-18-16-22(19(2)31(18)21-11-4-3-5-12-21)25-24(23-13-7-9-15-28-23)29-26(32)30(25)17-20-10-6-8-14-27-20/h6-10,13-16,21,24-25H,3-5,11-12,17H2,1-2H3,(H,29,32)/t24-,25-/m0/s1. The number of pyridine rings is 2. The summed E-state index contributed by atoms with van der Waals surface area (Å²) in [7, 11) is 0. The van der Waals surface area contributed by atoms with Gasteiger partial charge in [-0.1, -0.05) is 31.4 Å². The molecule has 0 spiro atoms. The average Bonchev–Trinajstić information content (AvgIpc) is 3.30. The summed E-state index contributed by atoms with van der Waals surface area (Å²) in [6.07, 6.45) is 10.3. The third kappa shape index (κ3) is 3.92. The van der Waals surface area contributed by atoms with Crippen LogP contribution >= 0.6 is 12.2 Å². The molecule has 166 valence electrons. The molecule has 2 fully saturated rings. The Balaban J connectivity index is 1.57. The lowest BCUT2D eigenvalue weighted by Gasteiger charge is -2.29. The predicted molar refractivity (Wildman–Crippen MR) is 131 cm³/mol. The molecule has 0 aromatic carbocycles. The first-order chi connectivity index (χ1) is 15.6.